The van der Waals surface area contributed by atoms with Crippen LogP contribution in [0.25, 0.3) is 0 Å². The first-order valence-corrected chi connectivity index (χ1v) is 5.21. The van der Waals surface area contributed by atoms with Gasteiger partial charge >= 0.3 is 0 Å². The van der Waals surface area contributed by atoms with E-state index in [0.717, 1.165) is 5.56 Å². The molecule has 0 saturated heterocycles. The number of nitriles is 1. The number of hydrogen-bond donors (Lipinski definition) is 1. The van der Waals surface area contributed by atoms with Crippen molar-refractivity contribution in [1.29, 1.82) is 5.26 Å². The maximum Gasteiger partial charge on any atom is 0.233 e. The van der Waals surface area contributed by atoms with Gasteiger partial charge in [-0.3, -0.25) is 0 Å². The van der Waals surface area contributed by atoms with Crippen molar-refractivity contribution in [2.24, 2.45) is 0 Å². The smallest absolute Gasteiger partial charge is 0.233 e. The lowest BCUT2D eigenvalue weighted by atomic mass is 10.1. The highest BCUT2D eigenvalue weighted by atomic mass is 32.1. The number of rotatable bonds is 2. The molecule has 1 atom stereocenters. The number of thiol groups is 1. The summed E-state index contributed by atoms with van der Waals surface area (Å²) in [6.07, 6.45) is 0. The maximum absolute atomic E-state index is 8.97. The van der Waals surface area contributed by atoms with E-state index < -0.39 is 0 Å². The molecule has 1 unspecified atom stereocenters. The average Bonchev–Trinajstić information content (AvgIpc) is 2.75. The van der Waals surface area contributed by atoms with Gasteiger partial charge in [-0.2, -0.15) is 17.9 Å². The monoisotopic (exact) mass is 231 g/mol. The largest absolute Gasteiger partial charge is 0.424 e. The first-order chi connectivity index (χ1) is 7.72. The zero-order valence-corrected chi connectivity index (χ0v) is 9.48. The summed E-state index contributed by atoms with van der Waals surface area (Å²) < 4.78 is 5.29. The SMILES string of the molecule is Cc1nnc(C(S)c2ccccc2C#N)o1. The van der Waals surface area contributed by atoms with E-state index in [4.69, 9.17) is 9.68 Å². The van der Waals surface area contributed by atoms with E-state index in [1.807, 2.05) is 18.2 Å². The summed E-state index contributed by atoms with van der Waals surface area (Å²) in [6.45, 7) is 1.72. The average molecular weight is 231 g/mol. The number of aryl methyl sites for hydroxylation is 1. The lowest BCUT2D eigenvalue weighted by Crippen LogP contribution is -1.97. The van der Waals surface area contributed by atoms with Gasteiger partial charge in [-0.25, -0.2) is 0 Å². The summed E-state index contributed by atoms with van der Waals surface area (Å²) in [5.74, 6) is 0.895. The van der Waals surface area contributed by atoms with Gasteiger partial charge in [0.25, 0.3) is 0 Å². The van der Waals surface area contributed by atoms with Crippen LogP contribution in [0.2, 0.25) is 0 Å². The molecule has 16 heavy (non-hydrogen) atoms. The predicted octanol–water partition coefficient (Wildman–Crippen LogP) is 2.27. The third kappa shape index (κ3) is 1.92. The second kappa shape index (κ2) is 4.37. The van der Waals surface area contributed by atoms with E-state index >= 15 is 0 Å². The molecule has 0 bridgehead atoms. The van der Waals surface area contributed by atoms with Crippen molar-refractivity contribution in [1.82, 2.24) is 10.2 Å². The van der Waals surface area contributed by atoms with Gasteiger partial charge in [-0.15, -0.1) is 10.2 Å². The van der Waals surface area contributed by atoms with Crippen molar-refractivity contribution >= 4 is 12.6 Å². The van der Waals surface area contributed by atoms with E-state index in [0.29, 0.717) is 17.3 Å². The van der Waals surface area contributed by atoms with Crippen molar-refractivity contribution in [3.63, 3.8) is 0 Å². The molecular weight excluding hydrogens is 222 g/mol. The van der Waals surface area contributed by atoms with Gasteiger partial charge < -0.3 is 4.42 Å². The quantitative estimate of drug-likeness (QED) is 0.805. The minimum atomic E-state index is -0.364. The van der Waals surface area contributed by atoms with Crippen LogP contribution in [0, 0.1) is 18.3 Å². The van der Waals surface area contributed by atoms with Gasteiger partial charge in [-0.1, -0.05) is 18.2 Å². The number of aromatic nitrogens is 2. The Bertz CT molecular complexity index is 544. The second-order valence-corrected chi connectivity index (χ2v) is 3.78. The molecular formula is C11H9N3OS. The molecule has 0 radical (unpaired) electrons. The van der Waals surface area contributed by atoms with Gasteiger partial charge in [0.05, 0.1) is 11.6 Å². The van der Waals surface area contributed by atoms with Gasteiger partial charge in [0, 0.05) is 6.92 Å². The molecule has 5 heteroatoms. The molecule has 2 rings (SSSR count). The maximum atomic E-state index is 8.97. The second-order valence-electron chi connectivity index (χ2n) is 3.26. The Morgan fingerprint density at radius 3 is 2.75 bits per heavy atom. The van der Waals surface area contributed by atoms with Crippen molar-refractivity contribution in [3.05, 3.63) is 47.2 Å². The van der Waals surface area contributed by atoms with Gasteiger partial charge in [-0.05, 0) is 11.6 Å². The van der Waals surface area contributed by atoms with E-state index in [-0.39, 0.29) is 5.25 Å². The lowest BCUT2D eigenvalue weighted by molar-refractivity contribution is 0.475. The molecule has 0 spiro atoms. The fourth-order valence-electron chi connectivity index (χ4n) is 1.39. The van der Waals surface area contributed by atoms with Crippen LogP contribution in [0.1, 0.15) is 28.2 Å². The molecule has 0 N–H and O–H groups in total. The minimum Gasteiger partial charge on any atom is -0.424 e. The molecule has 80 valence electrons. The summed E-state index contributed by atoms with van der Waals surface area (Å²) in [6, 6.07) is 9.34. The van der Waals surface area contributed by atoms with E-state index in [1.165, 1.54) is 0 Å². The molecule has 0 amide bonds. The van der Waals surface area contributed by atoms with Crippen LogP contribution in [0.15, 0.2) is 28.7 Å². The fourth-order valence-corrected chi connectivity index (χ4v) is 1.72. The summed E-state index contributed by atoms with van der Waals surface area (Å²) in [4.78, 5) is 0. The van der Waals surface area contributed by atoms with E-state index in [2.05, 4.69) is 28.9 Å². The Balaban J connectivity index is 2.41. The standard InChI is InChI=1S/C11H9N3OS/c1-7-13-14-11(15-7)10(16)9-5-3-2-4-8(9)6-12/h2-5,10,16H,1H3. The normalized spacial score (nSPS) is 12.1. The Labute approximate surface area is 98.3 Å². The summed E-state index contributed by atoms with van der Waals surface area (Å²) >= 11 is 4.40. The molecule has 0 aliphatic heterocycles. The van der Waals surface area contributed by atoms with Crippen molar-refractivity contribution in [3.8, 4) is 6.07 Å². The Morgan fingerprint density at radius 1 is 1.38 bits per heavy atom. The van der Waals surface area contributed by atoms with E-state index in [9.17, 15) is 0 Å². The number of benzene rings is 1. The zero-order valence-electron chi connectivity index (χ0n) is 8.58. The number of nitrogens with zero attached hydrogens (tertiary/aromatic N) is 3. The highest BCUT2D eigenvalue weighted by molar-refractivity contribution is 7.80. The topological polar surface area (TPSA) is 62.7 Å². The van der Waals surface area contributed by atoms with E-state index in [1.54, 1.807) is 13.0 Å². The molecule has 1 aromatic heterocycles. The zero-order chi connectivity index (χ0) is 11.5. The highest BCUT2D eigenvalue weighted by Gasteiger charge is 2.18. The van der Waals surface area contributed by atoms with Crippen LogP contribution in [0.3, 0.4) is 0 Å². The minimum absolute atomic E-state index is 0.364. The Kier molecular flexibility index (Phi) is 2.93. The van der Waals surface area contributed by atoms with Crippen LogP contribution < -0.4 is 0 Å². The van der Waals surface area contributed by atoms with Crippen LogP contribution in [0.5, 0.6) is 0 Å². The molecule has 0 saturated carbocycles. The van der Waals surface area contributed by atoms with Crippen LogP contribution in [-0.4, -0.2) is 10.2 Å². The summed E-state index contributed by atoms with van der Waals surface area (Å²) in [5.41, 5.74) is 1.34. The summed E-state index contributed by atoms with van der Waals surface area (Å²) in [7, 11) is 0. The molecule has 1 aromatic carbocycles. The Morgan fingerprint density at radius 2 is 2.12 bits per heavy atom. The molecule has 0 aliphatic rings. The first kappa shape index (κ1) is 10.7. The summed E-state index contributed by atoms with van der Waals surface area (Å²) in [5, 5.41) is 16.2. The third-order valence-electron chi connectivity index (χ3n) is 2.15. The molecule has 0 fully saturated rings. The molecule has 0 aliphatic carbocycles. The van der Waals surface area contributed by atoms with Gasteiger partial charge in [0.15, 0.2) is 0 Å². The number of hydrogen-bond acceptors (Lipinski definition) is 5. The van der Waals surface area contributed by atoms with Crippen molar-refractivity contribution in [2.45, 2.75) is 12.2 Å². The van der Waals surface area contributed by atoms with Crippen LogP contribution in [0.4, 0.5) is 0 Å². The van der Waals surface area contributed by atoms with Crippen LogP contribution in [-0.2, 0) is 0 Å². The van der Waals surface area contributed by atoms with Gasteiger partial charge in [0.2, 0.25) is 11.8 Å². The Hall–Kier alpha value is -1.80. The molecule has 1 heterocycles. The molecule has 2 aromatic rings. The van der Waals surface area contributed by atoms with Crippen LogP contribution >= 0.6 is 12.6 Å². The third-order valence-corrected chi connectivity index (χ3v) is 2.65. The van der Waals surface area contributed by atoms with Gasteiger partial charge in [0.1, 0.15) is 5.25 Å². The molecule has 4 nitrogen and oxygen atoms in total. The lowest BCUT2D eigenvalue weighted by Gasteiger charge is -2.07. The fraction of sp³-hybridized carbons (Fsp3) is 0.182. The predicted molar refractivity (Wildman–Crippen MR) is 61.0 cm³/mol. The first-order valence-electron chi connectivity index (χ1n) is 4.69. The highest BCUT2D eigenvalue weighted by Crippen LogP contribution is 2.29. The van der Waals surface area contributed by atoms with Crippen molar-refractivity contribution in [2.75, 3.05) is 0 Å². The van der Waals surface area contributed by atoms with Crippen molar-refractivity contribution < 1.29 is 4.42 Å².